The summed E-state index contributed by atoms with van der Waals surface area (Å²) in [4.78, 5) is 16.5. The highest BCUT2D eigenvalue weighted by Crippen LogP contribution is 2.21. The van der Waals surface area contributed by atoms with Crippen molar-refractivity contribution in [2.45, 2.75) is 0 Å². The first-order valence-electron chi connectivity index (χ1n) is 4.97. The Bertz CT molecular complexity index is 621. The third-order valence-electron chi connectivity index (χ3n) is 2.39. The van der Waals surface area contributed by atoms with E-state index in [1.807, 2.05) is 0 Å². The number of hydrogen-bond acceptors (Lipinski definition) is 4. The summed E-state index contributed by atoms with van der Waals surface area (Å²) in [5.74, 6) is -0.946. The van der Waals surface area contributed by atoms with Crippen LogP contribution >= 0.6 is 15.9 Å². The number of benzene rings is 1. The molecule has 0 radical (unpaired) electrons. The lowest BCUT2D eigenvalue weighted by Crippen LogP contribution is -2.26. The highest BCUT2D eigenvalue weighted by atomic mass is 79.9. The number of carbonyl (C=O) groups is 1. The maximum absolute atomic E-state index is 13.6. The summed E-state index contributed by atoms with van der Waals surface area (Å²) >= 11 is 3.18. The molecule has 5 nitrogen and oxygen atoms in total. The van der Waals surface area contributed by atoms with E-state index in [9.17, 15) is 9.18 Å². The van der Waals surface area contributed by atoms with E-state index < -0.39 is 11.7 Å². The smallest absolute Gasteiger partial charge is 0.274 e. The Morgan fingerprint density at radius 1 is 1.39 bits per heavy atom. The molecule has 1 aromatic heterocycles. The fourth-order valence-electron chi connectivity index (χ4n) is 1.43. The number of nitrogens with zero attached hydrogens (tertiary/aromatic N) is 3. The van der Waals surface area contributed by atoms with Gasteiger partial charge in [-0.25, -0.2) is 9.45 Å². The van der Waals surface area contributed by atoms with Gasteiger partial charge in [0.05, 0.1) is 7.11 Å². The first-order valence-corrected chi connectivity index (χ1v) is 5.77. The molecule has 0 aliphatic rings. The minimum absolute atomic E-state index is 0.0874. The van der Waals surface area contributed by atoms with E-state index in [1.165, 1.54) is 26.3 Å². The van der Waals surface area contributed by atoms with Crippen molar-refractivity contribution in [2.24, 2.45) is 0 Å². The van der Waals surface area contributed by atoms with Crippen LogP contribution in [0.15, 0.2) is 22.7 Å². The van der Waals surface area contributed by atoms with E-state index in [0.717, 1.165) is 5.06 Å². The van der Waals surface area contributed by atoms with Crippen LogP contribution in [0.3, 0.4) is 0 Å². The van der Waals surface area contributed by atoms with Gasteiger partial charge in [0.25, 0.3) is 5.91 Å². The summed E-state index contributed by atoms with van der Waals surface area (Å²) in [6.07, 6.45) is 0. The number of fused-ring (bicyclic) bond motifs is 1. The topological polar surface area (TPSA) is 55.3 Å². The lowest BCUT2D eigenvalue weighted by atomic mass is 10.2. The molecule has 0 atom stereocenters. The summed E-state index contributed by atoms with van der Waals surface area (Å²) in [5, 5.41) is 8.91. The highest BCUT2D eigenvalue weighted by molar-refractivity contribution is 9.10. The zero-order chi connectivity index (χ0) is 13.3. The van der Waals surface area contributed by atoms with Crippen LogP contribution in [-0.2, 0) is 4.84 Å². The van der Waals surface area contributed by atoms with Gasteiger partial charge in [0.2, 0.25) is 0 Å². The normalized spacial score (nSPS) is 10.7. The summed E-state index contributed by atoms with van der Waals surface area (Å²) in [6, 6.07) is 4.42. The average molecular weight is 314 g/mol. The summed E-state index contributed by atoms with van der Waals surface area (Å²) in [5.41, 5.74) is 0.208. The quantitative estimate of drug-likeness (QED) is 0.797. The Labute approximate surface area is 111 Å². The van der Waals surface area contributed by atoms with Gasteiger partial charge >= 0.3 is 0 Å². The van der Waals surface area contributed by atoms with Crippen molar-refractivity contribution < 1.29 is 14.0 Å². The van der Waals surface area contributed by atoms with Crippen LogP contribution in [0.5, 0.6) is 0 Å². The molecule has 2 aromatic rings. The fourth-order valence-corrected chi connectivity index (χ4v) is 1.88. The average Bonchev–Trinajstić information content (AvgIpc) is 2.36. The molecule has 0 aliphatic heterocycles. The number of aromatic nitrogens is 2. The number of halogens is 2. The maximum atomic E-state index is 13.6. The van der Waals surface area contributed by atoms with Crippen molar-refractivity contribution in [3.05, 3.63) is 34.2 Å². The monoisotopic (exact) mass is 313 g/mol. The Morgan fingerprint density at radius 3 is 2.78 bits per heavy atom. The van der Waals surface area contributed by atoms with E-state index >= 15 is 0 Å². The van der Waals surface area contributed by atoms with Crippen molar-refractivity contribution in [3.63, 3.8) is 0 Å². The second-order valence-electron chi connectivity index (χ2n) is 3.54. The molecule has 7 heteroatoms. The fraction of sp³-hybridized carbons (Fsp3) is 0.182. The van der Waals surface area contributed by atoms with Crippen molar-refractivity contribution >= 4 is 32.7 Å². The summed E-state index contributed by atoms with van der Waals surface area (Å²) in [7, 11) is 2.82. The number of rotatable bonds is 2. The molecule has 0 N–H and O–H groups in total. The van der Waals surface area contributed by atoms with Crippen molar-refractivity contribution in [1.29, 1.82) is 0 Å². The largest absolute Gasteiger partial charge is 0.297 e. The molecule has 18 heavy (non-hydrogen) atoms. The van der Waals surface area contributed by atoms with Crippen LogP contribution in [0.1, 0.15) is 10.5 Å². The van der Waals surface area contributed by atoms with Gasteiger partial charge in [-0.2, -0.15) is 0 Å². The Kier molecular flexibility index (Phi) is 3.53. The molecule has 0 aliphatic carbocycles. The van der Waals surface area contributed by atoms with Crippen molar-refractivity contribution in [3.8, 4) is 0 Å². The van der Waals surface area contributed by atoms with Gasteiger partial charge in [0.1, 0.15) is 5.52 Å². The number of carbonyl (C=O) groups excluding carboxylic acids is 1. The molecule has 0 fully saturated rings. The predicted octanol–water partition coefficient (Wildman–Crippen LogP) is 2.16. The van der Waals surface area contributed by atoms with E-state index in [0.29, 0.717) is 9.86 Å². The molecule has 0 saturated heterocycles. The molecular weight excluding hydrogens is 305 g/mol. The second-order valence-corrected chi connectivity index (χ2v) is 4.46. The molecule has 0 bridgehead atoms. The predicted molar refractivity (Wildman–Crippen MR) is 66.3 cm³/mol. The minimum atomic E-state index is -0.494. The lowest BCUT2D eigenvalue weighted by molar-refractivity contribution is -0.0761. The zero-order valence-electron chi connectivity index (χ0n) is 9.65. The first-order chi connectivity index (χ1) is 8.52. The Morgan fingerprint density at radius 2 is 2.11 bits per heavy atom. The van der Waals surface area contributed by atoms with Crippen LogP contribution in [0.25, 0.3) is 10.9 Å². The molecule has 1 heterocycles. The highest BCUT2D eigenvalue weighted by Gasteiger charge is 2.15. The van der Waals surface area contributed by atoms with Crippen LogP contribution in [0.4, 0.5) is 4.39 Å². The molecule has 1 aromatic carbocycles. The Hall–Kier alpha value is -1.60. The Balaban J connectivity index is 2.54. The van der Waals surface area contributed by atoms with Gasteiger partial charge in [-0.15, -0.1) is 10.2 Å². The third-order valence-corrected chi connectivity index (χ3v) is 2.84. The van der Waals surface area contributed by atoms with Gasteiger partial charge in [-0.05, 0) is 18.2 Å². The van der Waals surface area contributed by atoms with E-state index in [4.69, 9.17) is 4.84 Å². The molecule has 0 spiro atoms. The summed E-state index contributed by atoms with van der Waals surface area (Å²) < 4.78 is 14.1. The van der Waals surface area contributed by atoms with Gasteiger partial charge < -0.3 is 0 Å². The maximum Gasteiger partial charge on any atom is 0.297 e. The standard InChI is InChI=1S/C11H9BrFN3O2/c1-16(18-2)11(17)9-4-6-3-7(12)5-8(13)10(6)15-14-9/h3-5H,1-2H3. The van der Waals surface area contributed by atoms with Crippen LogP contribution in [-0.4, -0.2) is 35.3 Å². The van der Waals surface area contributed by atoms with Crippen LogP contribution < -0.4 is 0 Å². The SMILES string of the molecule is CON(C)C(=O)c1cc2cc(Br)cc(F)c2nn1. The van der Waals surface area contributed by atoms with Crippen LogP contribution in [0.2, 0.25) is 0 Å². The number of amides is 1. The molecule has 1 amide bonds. The van der Waals surface area contributed by atoms with Gasteiger partial charge in [0, 0.05) is 16.9 Å². The van der Waals surface area contributed by atoms with E-state index in [1.54, 1.807) is 6.07 Å². The van der Waals surface area contributed by atoms with Crippen molar-refractivity contribution in [1.82, 2.24) is 15.3 Å². The first kappa shape index (κ1) is 12.8. The zero-order valence-corrected chi connectivity index (χ0v) is 11.2. The van der Waals surface area contributed by atoms with Crippen molar-refractivity contribution in [2.75, 3.05) is 14.2 Å². The number of hydrogen-bond donors (Lipinski definition) is 0. The second kappa shape index (κ2) is 4.95. The third kappa shape index (κ3) is 2.32. The molecule has 2 rings (SSSR count). The molecule has 0 unspecified atom stereocenters. The summed E-state index contributed by atoms with van der Waals surface area (Å²) in [6.45, 7) is 0. The molecule has 94 valence electrons. The van der Waals surface area contributed by atoms with E-state index in [2.05, 4.69) is 26.1 Å². The van der Waals surface area contributed by atoms with Crippen LogP contribution in [0, 0.1) is 5.82 Å². The molecular formula is C11H9BrFN3O2. The van der Waals surface area contributed by atoms with E-state index in [-0.39, 0.29) is 11.2 Å². The molecule has 0 saturated carbocycles. The lowest BCUT2D eigenvalue weighted by Gasteiger charge is -2.12. The van der Waals surface area contributed by atoms with Gasteiger partial charge in [-0.1, -0.05) is 15.9 Å². The minimum Gasteiger partial charge on any atom is -0.274 e. The number of hydroxylamine groups is 2. The van der Waals surface area contributed by atoms with Gasteiger partial charge in [0.15, 0.2) is 11.5 Å². The van der Waals surface area contributed by atoms with Gasteiger partial charge in [-0.3, -0.25) is 9.63 Å².